The molecule has 1 unspecified atom stereocenters. The summed E-state index contributed by atoms with van der Waals surface area (Å²) >= 11 is 4.78. The van der Waals surface area contributed by atoms with Crippen LogP contribution in [0.15, 0.2) is 0 Å². The first-order valence-corrected chi connectivity index (χ1v) is 6.10. The molecule has 0 fully saturated rings. The predicted molar refractivity (Wildman–Crippen MR) is 68.5 cm³/mol. The van der Waals surface area contributed by atoms with Gasteiger partial charge in [-0.3, -0.25) is 0 Å². The Kier molecular flexibility index (Phi) is 6.85. The van der Waals surface area contributed by atoms with Crippen LogP contribution in [0, 0.1) is 5.92 Å². The molecule has 0 bridgehead atoms. The van der Waals surface area contributed by atoms with Crippen molar-refractivity contribution in [1.82, 2.24) is 5.32 Å². The fraction of sp³-hybridized carbons (Fsp3) is 0.909. The minimum Gasteiger partial charge on any atom is -0.376 e. The molecule has 0 saturated carbocycles. The number of rotatable bonds is 7. The van der Waals surface area contributed by atoms with Crippen LogP contribution in [0.3, 0.4) is 0 Å². The van der Waals surface area contributed by atoms with E-state index in [2.05, 4.69) is 26.1 Å². The number of aliphatic hydroxyl groups is 1. The molecule has 0 heterocycles. The number of nitrogens with one attached hydrogen (secondary N) is 1. The zero-order valence-electron chi connectivity index (χ0n) is 10.0. The van der Waals surface area contributed by atoms with Crippen molar-refractivity contribution in [2.45, 2.75) is 58.6 Å². The van der Waals surface area contributed by atoms with Crippen LogP contribution < -0.4 is 11.1 Å². The van der Waals surface area contributed by atoms with Crippen LogP contribution in [0.2, 0.25) is 0 Å². The van der Waals surface area contributed by atoms with Gasteiger partial charge in [-0.05, 0) is 43.8 Å². The normalized spacial score (nSPS) is 15.0. The summed E-state index contributed by atoms with van der Waals surface area (Å²) in [6.07, 6.45) is 4.40. The SMILES string of the molecule is CCCCC(O)(CCC(C)C)NC(N)=S. The van der Waals surface area contributed by atoms with Crippen LogP contribution in [0.25, 0.3) is 0 Å². The van der Waals surface area contributed by atoms with Crippen molar-refractivity contribution in [3.63, 3.8) is 0 Å². The molecule has 4 N–H and O–H groups in total. The van der Waals surface area contributed by atoms with Crippen molar-refractivity contribution >= 4 is 17.3 Å². The van der Waals surface area contributed by atoms with E-state index in [1.54, 1.807) is 0 Å². The second-order valence-electron chi connectivity index (χ2n) is 4.56. The van der Waals surface area contributed by atoms with Crippen molar-refractivity contribution in [3.05, 3.63) is 0 Å². The van der Waals surface area contributed by atoms with Gasteiger partial charge in [0.05, 0.1) is 0 Å². The molecule has 0 aromatic heterocycles. The lowest BCUT2D eigenvalue weighted by Gasteiger charge is -2.30. The van der Waals surface area contributed by atoms with E-state index < -0.39 is 5.72 Å². The van der Waals surface area contributed by atoms with Gasteiger partial charge in [0.25, 0.3) is 0 Å². The average molecular weight is 232 g/mol. The van der Waals surface area contributed by atoms with Crippen LogP contribution in [-0.2, 0) is 0 Å². The van der Waals surface area contributed by atoms with Crippen molar-refractivity contribution in [2.75, 3.05) is 0 Å². The lowest BCUT2D eigenvalue weighted by atomic mass is 9.96. The highest BCUT2D eigenvalue weighted by Gasteiger charge is 2.26. The third-order valence-corrected chi connectivity index (χ3v) is 2.54. The van der Waals surface area contributed by atoms with Gasteiger partial charge in [0, 0.05) is 0 Å². The van der Waals surface area contributed by atoms with E-state index in [4.69, 9.17) is 18.0 Å². The lowest BCUT2D eigenvalue weighted by molar-refractivity contribution is 0.00141. The molecule has 0 spiro atoms. The molecule has 0 saturated heterocycles. The van der Waals surface area contributed by atoms with Gasteiger partial charge in [0.15, 0.2) is 5.11 Å². The van der Waals surface area contributed by atoms with Gasteiger partial charge in [-0.25, -0.2) is 0 Å². The summed E-state index contributed by atoms with van der Waals surface area (Å²) in [5.74, 6) is 0.575. The maximum atomic E-state index is 10.3. The first-order valence-electron chi connectivity index (χ1n) is 5.69. The first kappa shape index (κ1) is 14.6. The summed E-state index contributed by atoms with van der Waals surface area (Å²) in [6, 6.07) is 0. The highest BCUT2D eigenvalue weighted by Crippen LogP contribution is 2.20. The highest BCUT2D eigenvalue weighted by molar-refractivity contribution is 7.80. The van der Waals surface area contributed by atoms with Crippen LogP contribution >= 0.6 is 12.2 Å². The third kappa shape index (κ3) is 7.56. The van der Waals surface area contributed by atoms with Gasteiger partial charge in [-0.2, -0.15) is 0 Å². The van der Waals surface area contributed by atoms with E-state index in [1.807, 2.05) is 0 Å². The molecule has 0 aliphatic carbocycles. The Morgan fingerprint density at radius 3 is 2.47 bits per heavy atom. The maximum absolute atomic E-state index is 10.3. The molecule has 15 heavy (non-hydrogen) atoms. The second-order valence-corrected chi connectivity index (χ2v) is 5.00. The van der Waals surface area contributed by atoms with Gasteiger partial charge >= 0.3 is 0 Å². The predicted octanol–water partition coefficient (Wildman–Crippen LogP) is 2.13. The van der Waals surface area contributed by atoms with Gasteiger partial charge in [-0.15, -0.1) is 0 Å². The molecule has 0 aliphatic rings. The smallest absolute Gasteiger partial charge is 0.165 e. The van der Waals surface area contributed by atoms with Gasteiger partial charge in [0.1, 0.15) is 5.72 Å². The summed E-state index contributed by atoms with van der Waals surface area (Å²) in [6.45, 7) is 6.38. The Morgan fingerprint density at radius 2 is 2.07 bits per heavy atom. The summed E-state index contributed by atoms with van der Waals surface area (Å²) in [5.41, 5.74) is 4.51. The Bertz CT molecular complexity index is 197. The molecule has 1 atom stereocenters. The molecule has 0 aromatic carbocycles. The lowest BCUT2D eigenvalue weighted by Crippen LogP contribution is -2.50. The van der Waals surface area contributed by atoms with Crippen molar-refractivity contribution in [3.8, 4) is 0 Å². The van der Waals surface area contributed by atoms with Crippen molar-refractivity contribution < 1.29 is 5.11 Å². The number of thiocarbonyl (C=S) groups is 1. The summed E-state index contributed by atoms with van der Waals surface area (Å²) < 4.78 is 0. The number of hydrogen-bond donors (Lipinski definition) is 3. The second kappa shape index (κ2) is 7.01. The van der Waals surface area contributed by atoms with E-state index in [0.29, 0.717) is 18.8 Å². The average Bonchev–Trinajstić information content (AvgIpc) is 2.11. The summed E-state index contributed by atoms with van der Waals surface area (Å²) in [5, 5.41) is 13.3. The number of nitrogens with two attached hydrogens (primary N) is 1. The van der Waals surface area contributed by atoms with E-state index in [0.717, 1.165) is 19.3 Å². The zero-order chi connectivity index (χ0) is 11.9. The Morgan fingerprint density at radius 1 is 1.47 bits per heavy atom. The highest BCUT2D eigenvalue weighted by atomic mass is 32.1. The molecule has 0 aromatic rings. The molecule has 0 amide bonds. The molecular formula is C11H24N2OS. The summed E-state index contributed by atoms with van der Waals surface area (Å²) in [4.78, 5) is 0. The van der Waals surface area contributed by atoms with E-state index in [9.17, 15) is 5.11 Å². The molecule has 0 rings (SSSR count). The number of hydrogen-bond acceptors (Lipinski definition) is 2. The van der Waals surface area contributed by atoms with Crippen LogP contribution in [0.4, 0.5) is 0 Å². The Labute approximate surface area is 98.4 Å². The quantitative estimate of drug-likeness (QED) is 0.465. The Balaban J connectivity index is 4.19. The molecule has 3 nitrogen and oxygen atoms in total. The molecule has 90 valence electrons. The molecule has 0 radical (unpaired) electrons. The standard InChI is InChI=1S/C11H24N2OS/c1-4-5-7-11(14,13-10(12)15)8-6-9(2)3/h9,14H,4-8H2,1-3H3,(H3,12,13,15). The van der Waals surface area contributed by atoms with Gasteiger partial charge in [-0.1, -0.05) is 27.2 Å². The fourth-order valence-electron chi connectivity index (χ4n) is 1.48. The van der Waals surface area contributed by atoms with Crippen molar-refractivity contribution in [1.29, 1.82) is 0 Å². The minimum absolute atomic E-state index is 0.178. The van der Waals surface area contributed by atoms with Gasteiger partial charge in [0.2, 0.25) is 0 Å². The van der Waals surface area contributed by atoms with Crippen LogP contribution in [-0.4, -0.2) is 15.9 Å². The fourth-order valence-corrected chi connectivity index (χ4v) is 1.67. The zero-order valence-corrected chi connectivity index (χ0v) is 10.9. The third-order valence-electron chi connectivity index (χ3n) is 2.44. The monoisotopic (exact) mass is 232 g/mol. The largest absolute Gasteiger partial charge is 0.376 e. The van der Waals surface area contributed by atoms with Crippen LogP contribution in [0.5, 0.6) is 0 Å². The van der Waals surface area contributed by atoms with E-state index in [1.165, 1.54) is 0 Å². The van der Waals surface area contributed by atoms with Crippen LogP contribution in [0.1, 0.15) is 52.9 Å². The first-order chi connectivity index (χ1) is 6.89. The molecule has 0 aliphatic heterocycles. The Hall–Kier alpha value is -0.350. The van der Waals surface area contributed by atoms with Gasteiger partial charge < -0.3 is 16.2 Å². The molecular weight excluding hydrogens is 208 g/mol. The minimum atomic E-state index is -0.911. The maximum Gasteiger partial charge on any atom is 0.165 e. The molecule has 4 heteroatoms. The van der Waals surface area contributed by atoms with E-state index >= 15 is 0 Å². The number of unbranched alkanes of at least 4 members (excludes halogenated alkanes) is 1. The topological polar surface area (TPSA) is 58.3 Å². The van der Waals surface area contributed by atoms with Crippen molar-refractivity contribution in [2.24, 2.45) is 11.7 Å². The summed E-state index contributed by atoms with van der Waals surface area (Å²) in [7, 11) is 0. The van der Waals surface area contributed by atoms with E-state index in [-0.39, 0.29) is 5.11 Å².